The molecule has 0 bridgehead atoms. The Hall–Kier alpha value is -3.48. The number of carbonyl (C=O) groups is 2. The van der Waals surface area contributed by atoms with Crippen LogP contribution >= 0.6 is 0 Å². The number of carbonyl (C=O) groups excluding carboxylic acids is 2. The fraction of sp³-hybridized carbons (Fsp3) is 0.273. The van der Waals surface area contributed by atoms with E-state index in [0.717, 1.165) is 4.90 Å². The molecule has 1 aromatic heterocycles. The van der Waals surface area contributed by atoms with E-state index < -0.39 is 68.3 Å². The minimum Gasteiger partial charge on any atom is -0.454 e. The zero-order chi connectivity index (χ0) is 29.3. The molecular weight excluding hydrogens is 370 g/mol. The number of likely N-dealkylation sites (N-methyl/N-ethyl adjacent to an activating group) is 1. The predicted molar refractivity (Wildman–Crippen MR) is 105 cm³/mol. The lowest BCUT2D eigenvalue weighted by Gasteiger charge is -2.46. The van der Waals surface area contributed by atoms with Crippen molar-refractivity contribution in [3.05, 3.63) is 59.2 Å². The minimum atomic E-state index is -3.30. The molecule has 29 heavy (non-hydrogen) atoms. The molecule has 2 aromatic carbocycles. The van der Waals surface area contributed by atoms with Crippen LogP contribution in [0, 0.1) is 0 Å². The number of amides is 2. The lowest BCUT2D eigenvalue weighted by molar-refractivity contribution is -0.157. The third kappa shape index (κ3) is 2.24. The molecule has 3 aliphatic heterocycles. The number of H-pyrrole nitrogens is 1. The van der Waals surface area contributed by atoms with Gasteiger partial charge in [0.25, 0.3) is 0 Å². The van der Waals surface area contributed by atoms with Gasteiger partial charge in [0.1, 0.15) is 8.78 Å². The van der Waals surface area contributed by atoms with Crippen LogP contribution < -0.4 is 9.47 Å². The average Bonchev–Trinajstić information content (AvgIpc) is 3.38. The third-order valence-corrected chi connectivity index (χ3v) is 5.39. The van der Waals surface area contributed by atoms with E-state index in [4.69, 9.17) is 24.6 Å². The van der Waals surface area contributed by atoms with Gasteiger partial charge >= 0.3 is 0 Å². The number of nitrogens with zero attached hydrogens (tertiary/aromatic N) is 2. The highest BCUT2D eigenvalue weighted by Crippen LogP contribution is 2.44. The monoisotopic (exact) mass is 400 g/mol. The van der Waals surface area contributed by atoms with Gasteiger partial charge in [-0.1, -0.05) is 24.2 Å². The predicted octanol–water partition coefficient (Wildman–Crippen LogP) is 2.21. The highest BCUT2D eigenvalue weighted by Gasteiger charge is 2.47. The molecule has 3 aliphatic rings. The lowest BCUT2D eigenvalue weighted by Crippen LogP contribution is -2.62. The van der Waals surface area contributed by atoms with Gasteiger partial charge in [0, 0.05) is 34.1 Å². The second-order valence-electron chi connectivity index (χ2n) is 6.88. The summed E-state index contributed by atoms with van der Waals surface area (Å²) in [4.78, 5) is 31.1. The summed E-state index contributed by atoms with van der Waals surface area (Å²) in [6.45, 7) is -9.05. The number of rotatable bonds is 1. The maximum absolute atomic E-state index is 13.7. The highest BCUT2D eigenvalue weighted by atomic mass is 16.7. The van der Waals surface area contributed by atoms with E-state index in [-0.39, 0.29) is 50.5 Å². The van der Waals surface area contributed by atoms with Crippen LogP contribution in [0.5, 0.6) is 11.5 Å². The summed E-state index contributed by atoms with van der Waals surface area (Å²) in [6, 6.07) is -0.585. The largest absolute Gasteiger partial charge is 0.454 e. The number of aromatic nitrogens is 1. The Balaban J connectivity index is 1.64. The van der Waals surface area contributed by atoms with E-state index in [0.29, 0.717) is 0 Å². The Morgan fingerprint density at radius 3 is 3.00 bits per heavy atom. The number of piperazine rings is 1. The van der Waals surface area contributed by atoms with Gasteiger partial charge in [-0.15, -0.1) is 0 Å². The summed E-state index contributed by atoms with van der Waals surface area (Å²) in [5, 5.41) is 0.0528. The van der Waals surface area contributed by atoms with Gasteiger partial charge < -0.3 is 24.3 Å². The summed E-state index contributed by atoms with van der Waals surface area (Å²) in [5.41, 5.74) is 0.593. The Labute approximate surface area is 182 Å². The van der Waals surface area contributed by atoms with Gasteiger partial charge in [-0.05, 0) is 29.3 Å². The first-order valence-electron chi connectivity index (χ1n) is 14.3. The van der Waals surface area contributed by atoms with Crippen LogP contribution in [0.25, 0.3) is 10.9 Å². The van der Waals surface area contributed by atoms with E-state index in [1.165, 1.54) is 18.2 Å². The van der Waals surface area contributed by atoms with Crippen molar-refractivity contribution in [3.8, 4) is 11.5 Å². The molecule has 1 unspecified atom stereocenters. The number of ether oxygens (including phenoxy) is 2. The molecule has 1 fully saturated rings. The molecule has 0 spiro atoms. The molecule has 3 aromatic rings. The maximum Gasteiger partial charge on any atom is 0.245 e. The third-order valence-electron chi connectivity index (χ3n) is 5.39. The number of fused-ring (bicyclic) bond motifs is 5. The van der Waals surface area contributed by atoms with Crippen molar-refractivity contribution in [2.45, 2.75) is 18.5 Å². The first-order chi connectivity index (χ1) is 18.5. The fourth-order valence-corrected chi connectivity index (χ4v) is 4.15. The van der Waals surface area contributed by atoms with Gasteiger partial charge in [0.05, 0.1) is 20.8 Å². The topological polar surface area (TPSA) is 74.9 Å². The molecule has 1 saturated heterocycles. The van der Waals surface area contributed by atoms with Crippen molar-refractivity contribution in [3.63, 3.8) is 0 Å². The van der Waals surface area contributed by atoms with E-state index in [2.05, 4.69) is 4.98 Å². The first kappa shape index (κ1) is 8.90. The van der Waals surface area contributed by atoms with Gasteiger partial charge in [-0.3, -0.25) is 9.59 Å². The first-order valence-corrected chi connectivity index (χ1v) is 8.75. The van der Waals surface area contributed by atoms with Crippen LogP contribution in [0.1, 0.15) is 37.9 Å². The molecule has 0 radical (unpaired) electrons. The molecule has 0 saturated carbocycles. The zero-order valence-electron chi connectivity index (χ0n) is 25.6. The molecule has 2 amide bonds. The van der Waals surface area contributed by atoms with Crippen LogP contribution in [0.15, 0.2) is 42.4 Å². The molecular formula is C22H19N3O4. The second kappa shape index (κ2) is 5.76. The van der Waals surface area contributed by atoms with Crippen LogP contribution in [0.3, 0.4) is 0 Å². The summed E-state index contributed by atoms with van der Waals surface area (Å²) in [5.74, 6) is -2.53. The highest BCUT2D eigenvalue weighted by molar-refractivity contribution is 5.97. The standard InChI is InChI=1S/C22H19N3O4/c1-24-10-19(26)25-16(22(24)27)9-14-13-4-2-3-5-15(13)23-20(14)21(25)12-6-7-17-18(8-12)29-11-28-17/h2-8,16,21,23H,9-11H2,1H3/t16-,21?/m1/s1/i1D3,2D,3D,4D,5D,10D2,11D2. The van der Waals surface area contributed by atoms with Crippen molar-refractivity contribution < 1.29 is 34.1 Å². The SMILES string of the molecule is [2H]c1c([2H])c([2H])c2c3c([nH]c2c1[2H])C(c1ccc2c(c1)OC([2H])([2H])O2)N1C(=O)C([2H])([2H])N(C([2H])([2H])[2H])C(=O)[C@H]1C3. The molecule has 6 rings (SSSR count). The second-order valence-corrected chi connectivity index (χ2v) is 6.88. The summed E-state index contributed by atoms with van der Waals surface area (Å²) in [7, 11) is 0. The number of hydrogen-bond donors (Lipinski definition) is 1. The van der Waals surface area contributed by atoms with Gasteiger partial charge in [-0.2, -0.15) is 0 Å². The van der Waals surface area contributed by atoms with Crippen molar-refractivity contribution in [1.82, 2.24) is 14.8 Å². The van der Waals surface area contributed by atoms with Gasteiger partial charge in [-0.25, -0.2) is 0 Å². The summed E-state index contributed by atoms with van der Waals surface area (Å²) < 4.78 is 98.8. The molecule has 2 atom stereocenters. The normalized spacial score (nSPS) is 32.2. The van der Waals surface area contributed by atoms with Crippen molar-refractivity contribution >= 4 is 22.7 Å². The molecule has 7 heteroatoms. The number of hydrogen-bond acceptors (Lipinski definition) is 4. The van der Waals surface area contributed by atoms with Crippen LogP contribution in [0.4, 0.5) is 0 Å². The number of nitrogens with one attached hydrogen (secondary N) is 1. The molecule has 7 nitrogen and oxygen atoms in total. The van der Waals surface area contributed by atoms with Gasteiger partial charge in [0.15, 0.2) is 11.5 Å². The smallest absolute Gasteiger partial charge is 0.245 e. The van der Waals surface area contributed by atoms with E-state index in [1.54, 1.807) is 0 Å². The van der Waals surface area contributed by atoms with E-state index in [9.17, 15) is 9.59 Å². The zero-order valence-corrected chi connectivity index (χ0v) is 14.6. The Morgan fingerprint density at radius 2 is 2.10 bits per heavy atom. The minimum absolute atomic E-state index is 0.00601. The number of para-hydroxylation sites is 1. The van der Waals surface area contributed by atoms with Crippen LogP contribution in [0.2, 0.25) is 0 Å². The molecule has 0 aliphatic carbocycles. The Bertz CT molecular complexity index is 1650. The molecule has 1 N–H and O–H groups in total. The van der Waals surface area contributed by atoms with E-state index in [1.807, 2.05) is 0 Å². The fourth-order valence-electron chi connectivity index (χ4n) is 4.15. The van der Waals surface area contributed by atoms with Crippen molar-refractivity contribution in [1.29, 1.82) is 0 Å². The van der Waals surface area contributed by atoms with Crippen LogP contribution in [-0.2, 0) is 16.0 Å². The quantitative estimate of drug-likeness (QED) is 0.680. The maximum atomic E-state index is 13.7. The average molecular weight is 400 g/mol. The lowest BCUT2D eigenvalue weighted by atomic mass is 9.86. The molecule has 146 valence electrons. The van der Waals surface area contributed by atoms with Gasteiger partial charge in [0.2, 0.25) is 18.6 Å². The molecule has 4 heterocycles. The summed E-state index contributed by atoms with van der Waals surface area (Å²) in [6.07, 6.45) is -0.353. The Kier molecular flexibility index (Phi) is 1.77. The summed E-state index contributed by atoms with van der Waals surface area (Å²) >= 11 is 0. The van der Waals surface area contributed by atoms with Crippen molar-refractivity contribution in [2.24, 2.45) is 0 Å². The van der Waals surface area contributed by atoms with Crippen molar-refractivity contribution in [2.75, 3.05) is 20.2 Å². The van der Waals surface area contributed by atoms with Crippen LogP contribution in [-0.4, -0.2) is 52.9 Å². The number of benzene rings is 2. The number of aromatic amines is 1. The van der Waals surface area contributed by atoms with E-state index >= 15 is 0 Å². The Morgan fingerprint density at radius 1 is 1.24 bits per heavy atom.